The van der Waals surface area contributed by atoms with E-state index in [1.807, 2.05) is 0 Å². The molecule has 0 aliphatic heterocycles. The van der Waals surface area contributed by atoms with E-state index in [9.17, 15) is 0 Å². The van der Waals surface area contributed by atoms with Crippen LogP contribution in [0.2, 0.25) is 0 Å². The van der Waals surface area contributed by atoms with Crippen LogP contribution < -0.4 is 15.2 Å². The first-order chi connectivity index (χ1) is 10.9. The van der Waals surface area contributed by atoms with Gasteiger partial charge in [-0.2, -0.15) is 0 Å². The number of methoxy groups -OCH3 is 2. The molecular formula is C20H27NO2. The van der Waals surface area contributed by atoms with E-state index in [2.05, 4.69) is 57.2 Å². The third-order valence-electron chi connectivity index (χ3n) is 4.08. The first kappa shape index (κ1) is 17.4. The first-order valence-corrected chi connectivity index (χ1v) is 7.97. The predicted molar refractivity (Wildman–Crippen MR) is 96.4 cm³/mol. The Bertz CT molecular complexity index is 655. The highest BCUT2D eigenvalue weighted by Gasteiger charge is 2.17. The van der Waals surface area contributed by atoms with Crippen molar-refractivity contribution in [3.8, 4) is 22.6 Å². The molecule has 0 heterocycles. The number of rotatable bonds is 5. The fourth-order valence-electron chi connectivity index (χ4n) is 2.76. The summed E-state index contributed by atoms with van der Waals surface area (Å²) >= 11 is 0. The third kappa shape index (κ3) is 3.67. The van der Waals surface area contributed by atoms with Crippen LogP contribution in [0.25, 0.3) is 11.1 Å². The van der Waals surface area contributed by atoms with Gasteiger partial charge in [0.25, 0.3) is 0 Å². The van der Waals surface area contributed by atoms with Crippen LogP contribution in [0.1, 0.15) is 31.9 Å². The Morgan fingerprint density at radius 2 is 1.48 bits per heavy atom. The molecule has 0 fully saturated rings. The van der Waals surface area contributed by atoms with Gasteiger partial charge >= 0.3 is 0 Å². The van der Waals surface area contributed by atoms with Crippen molar-refractivity contribution < 1.29 is 9.47 Å². The molecule has 2 aromatic rings. The van der Waals surface area contributed by atoms with Crippen molar-refractivity contribution in [1.29, 1.82) is 0 Å². The van der Waals surface area contributed by atoms with Crippen LogP contribution in [-0.4, -0.2) is 20.8 Å². The molecular weight excluding hydrogens is 286 g/mol. The molecule has 2 aromatic carbocycles. The van der Waals surface area contributed by atoms with Gasteiger partial charge in [0.05, 0.1) is 14.2 Å². The normalized spacial score (nSPS) is 11.4. The molecule has 0 bridgehead atoms. The van der Waals surface area contributed by atoms with E-state index in [1.165, 1.54) is 5.56 Å². The number of nitrogens with two attached hydrogens (primary N) is 1. The van der Waals surface area contributed by atoms with Crippen molar-refractivity contribution in [3.05, 3.63) is 47.5 Å². The summed E-state index contributed by atoms with van der Waals surface area (Å²) in [6.07, 6.45) is 0.767. The molecule has 0 saturated carbocycles. The molecule has 124 valence electrons. The van der Waals surface area contributed by atoms with Crippen molar-refractivity contribution in [2.24, 2.45) is 5.73 Å². The highest BCUT2D eigenvalue weighted by atomic mass is 16.5. The number of benzene rings is 2. The smallest absolute Gasteiger partial charge is 0.168 e. The second-order valence-electron chi connectivity index (χ2n) is 6.70. The van der Waals surface area contributed by atoms with Gasteiger partial charge in [0.15, 0.2) is 11.5 Å². The van der Waals surface area contributed by atoms with E-state index in [1.54, 1.807) is 14.2 Å². The molecule has 3 heteroatoms. The summed E-state index contributed by atoms with van der Waals surface area (Å²) in [6.45, 7) is 7.23. The van der Waals surface area contributed by atoms with Crippen molar-refractivity contribution in [2.45, 2.75) is 32.6 Å². The first-order valence-electron chi connectivity index (χ1n) is 7.97. The van der Waals surface area contributed by atoms with E-state index < -0.39 is 0 Å². The quantitative estimate of drug-likeness (QED) is 0.901. The van der Waals surface area contributed by atoms with Gasteiger partial charge in [0, 0.05) is 5.56 Å². The zero-order chi connectivity index (χ0) is 17.0. The molecule has 3 nitrogen and oxygen atoms in total. The van der Waals surface area contributed by atoms with Gasteiger partial charge in [-0.3, -0.25) is 0 Å². The zero-order valence-electron chi connectivity index (χ0n) is 14.8. The SMILES string of the molecule is COc1c(CCN)ccc(-c2ccc(C(C)(C)C)cc2)c1OC. The lowest BCUT2D eigenvalue weighted by atomic mass is 9.86. The van der Waals surface area contributed by atoms with Crippen LogP contribution in [0.3, 0.4) is 0 Å². The number of hydrogen-bond acceptors (Lipinski definition) is 3. The molecule has 2 N–H and O–H groups in total. The molecule has 0 unspecified atom stereocenters. The van der Waals surface area contributed by atoms with Gasteiger partial charge in [0.1, 0.15) is 0 Å². The molecule has 0 spiro atoms. The zero-order valence-corrected chi connectivity index (χ0v) is 14.8. The largest absolute Gasteiger partial charge is 0.493 e. The summed E-state index contributed by atoms with van der Waals surface area (Å²) in [5, 5.41) is 0. The maximum Gasteiger partial charge on any atom is 0.168 e. The minimum Gasteiger partial charge on any atom is -0.493 e. The maximum atomic E-state index is 5.69. The van der Waals surface area contributed by atoms with Crippen LogP contribution in [0, 0.1) is 0 Å². The van der Waals surface area contributed by atoms with Gasteiger partial charge in [-0.1, -0.05) is 57.2 Å². The molecule has 2 rings (SSSR count). The fraction of sp³-hybridized carbons (Fsp3) is 0.400. The maximum absolute atomic E-state index is 5.69. The lowest BCUT2D eigenvalue weighted by Gasteiger charge is -2.20. The third-order valence-corrected chi connectivity index (χ3v) is 4.08. The Kier molecular flexibility index (Phi) is 5.32. The highest BCUT2D eigenvalue weighted by molar-refractivity contribution is 5.75. The topological polar surface area (TPSA) is 44.5 Å². The number of ether oxygens (including phenoxy) is 2. The summed E-state index contributed by atoms with van der Waals surface area (Å²) in [7, 11) is 3.35. The summed E-state index contributed by atoms with van der Waals surface area (Å²) in [5.74, 6) is 1.54. The summed E-state index contributed by atoms with van der Waals surface area (Å²) in [6, 6.07) is 12.8. The Labute approximate surface area is 139 Å². The van der Waals surface area contributed by atoms with Gasteiger partial charge in [-0.15, -0.1) is 0 Å². The van der Waals surface area contributed by atoms with Gasteiger partial charge in [-0.05, 0) is 35.1 Å². The van der Waals surface area contributed by atoms with E-state index in [0.29, 0.717) is 6.54 Å². The van der Waals surface area contributed by atoms with E-state index in [0.717, 1.165) is 34.6 Å². The van der Waals surface area contributed by atoms with Gasteiger partial charge in [0.2, 0.25) is 0 Å². The van der Waals surface area contributed by atoms with Crippen LogP contribution in [0.15, 0.2) is 36.4 Å². The lowest BCUT2D eigenvalue weighted by molar-refractivity contribution is 0.353. The predicted octanol–water partition coefficient (Wildman–Crippen LogP) is 4.17. The molecule has 0 aliphatic carbocycles. The molecule has 23 heavy (non-hydrogen) atoms. The summed E-state index contributed by atoms with van der Waals surface area (Å²) in [5.41, 5.74) is 10.4. The second-order valence-corrected chi connectivity index (χ2v) is 6.70. The van der Waals surface area contributed by atoms with E-state index in [-0.39, 0.29) is 5.41 Å². The molecule has 0 radical (unpaired) electrons. The van der Waals surface area contributed by atoms with E-state index >= 15 is 0 Å². The van der Waals surface area contributed by atoms with Crippen molar-refractivity contribution >= 4 is 0 Å². The van der Waals surface area contributed by atoms with Gasteiger partial charge in [-0.25, -0.2) is 0 Å². The average Bonchev–Trinajstić information content (AvgIpc) is 2.53. The molecule has 0 saturated heterocycles. The number of hydrogen-bond donors (Lipinski definition) is 1. The van der Waals surface area contributed by atoms with Crippen LogP contribution in [-0.2, 0) is 11.8 Å². The standard InChI is InChI=1S/C20H27NO2/c1-20(2,3)16-9-6-14(7-10-16)17-11-8-15(12-13-21)18(22-4)19(17)23-5/h6-11H,12-13,21H2,1-5H3. The molecule has 0 atom stereocenters. The minimum absolute atomic E-state index is 0.144. The minimum atomic E-state index is 0.144. The second kappa shape index (κ2) is 7.05. The molecule has 0 aromatic heterocycles. The Balaban J connectivity index is 2.51. The Morgan fingerprint density at radius 3 is 1.96 bits per heavy atom. The fourth-order valence-corrected chi connectivity index (χ4v) is 2.76. The van der Waals surface area contributed by atoms with Crippen molar-refractivity contribution in [1.82, 2.24) is 0 Å². The summed E-state index contributed by atoms with van der Waals surface area (Å²) in [4.78, 5) is 0. The average molecular weight is 313 g/mol. The molecule has 0 amide bonds. The van der Waals surface area contributed by atoms with Crippen LogP contribution >= 0.6 is 0 Å². The summed E-state index contributed by atoms with van der Waals surface area (Å²) < 4.78 is 11.2. The van der Waals surface area contributed by atoms with Crippen molar-refractivity contribution in [3.63, 3.8) is 0 Å². The Hall–Kier alpha value is -2.00. The van der Waals surface area contributed by atoms with Crippen molar-refractivity contribution in [2.75, 3.05) is 20.8 Å². The molecule has 0 aliphatic rings. The monoisotopic (exact) mass is 313 g/mol. The van der Waals surface area contributed by atoms with E-state index in [4.69, 9.17) is 15.2 Å². The highest BCUT2D eigenvalue weighted by Crippen LogP contribution is 2.41. The van der Waals surface area contributed by atoms with Crippen LogP contribution in [0.4, 0.5) is 0 Å². The Morgan fingerprint density at radius 1 is 0.870 bits per heavy atom. The van der Waals surface area contributed by atoms with Crippen LogP contribution in [0.5, 0.6) is 11.5 Å². The lowest BCUT2D eigenvalue weighted by Crippen LogP contribution is -2.10. The van der Waals surface area contributed by atoms with Gasteiger partial charge < -0.3 is 15.2 Å².